The van der Waals surface area contributed by atoms with E-state index in [4.69, 9.17) is 14.2 Å². The van der Waals surface area contributed by atoms with Gasteiger partial charge in [0.05, 0.1) is 25.9 Å². The first-order valence-corrected chi connectivity index (χ1v) is 7.82. The number of unbranched alkanes of at least 4 members (excludes halogenated alkanes) is 1. The van der Waals surface area contributed by atoms with E-state index in [2.05, 4.69) is 18.7 Å². The second-order valence-corrected chi connectivity index (χ2v) is 5.72. The predicted molar refractivity (Wildman–Crippen MR) is 84.2 cm³/mol. The SMILES string of the molecule is COc1ccccc1OCCCCN1C[C@@H](C)O[C@@H](C)C1. The molecule has 118 valence electrons. The topological polar surface area (TPSA) is 30.9 Å². The van der Waals surface area contributed by atoms with Crippen LogP contribution < -0.4 is 9.47 Å². The largest absolute Gasteiger partial charge is 0.493 e. The molecule has 4 heteroatoms. The van der Waals surface area contributed by atoms with Crippen LogP contribution in [0.15, 0.2) is 24.3 Å². The summed E-state index contributed by atoms with van der Waals surface area (Å²) in [4.78, 5) is 2.49. The zero-order valence-electron chi connectivity index (χ0n) is 13.4. The van der Waals surface area contributed by atoms with Gasteiger partial charge in [-0.25, -0.2) is 0 Å². The molecular formula is C17H27NO3. The van der Waals surface area contributed by atoms with Crippen LogP contribution >= 0.6 is 0 Å². The van der Waals surface area contributed by atoms with Gasteiger partial charge < -0.3 is 14.2 Å². The number of hydrogen-bond donors (Lipinski definition) is 0. The van der Waals surface area contributed by atoms with Gasteiger partial charge in [-0.2, -0.15) is 0 Å². The summed E-state index contributed by atoms with van der Waals surface area (Å²) in [6, 6.07) is 7.79. The molecule has 1 aliphatic rings. The van der Waals surface area contributed by atoms with Crippen LogP contribution in [0, 0.1) is 0 Å². The number of benzene rings is 1. The highest BCUT2D eigenvalue weighted by Crippen LogP contribution is 2.25. The third kappa shape index (κ3) is 5.21. The molecular weight excluding hydrogens is 266 g/mol. The van der Waals surface area contributed by atoms with Gasteiger partial charge in [0.1, 0.15) is 0 Å². The number of nitrogens with zero attached hydrogens (tertiary/aromatic N) is 1. The number of para-hydroxylation sites is 2. The van der Waals surface area contributed by atoms with Gasteiger partial charge in [-0.15, -0.1) is 0 Å². The Hall–Kier alpha value is -1.26. The van der Waals surface area contributed by atoms with Crippen molar-refractivity contribution >= 4 is 0 Å². The molecule has 2 atom stereocenters. The number of ether oxygens (including phenoxy) is 3. The smallest absolute Gasteiger partial charge is 0.161 e. The van der Waals surface area contributed by atoms with Crippen LogP contribution in [0.2, 0.25) is 0 Å². The van der Waals surface area contributed by atoms with Gasteiger partial charge in [0.25, 0.3) is 0 Å². The van der Waals surface area contributed by atoms with Crippen molar-refractivity contribution in [1.82, 2.24) is 4.90 Å². The number of methoxy groups -OCH3 is 1. The van der Waals surface area contributed by atoms with Crippen molar-refractivity contribution in [1.29, 1.82) is 0 Å². The summed E-state index contributed by atoms with van der Waals surface area (Å²) >= 11 is 0. The normalized spacial score (nSPS) is 23.0. The van der Waals surface area contributed by atoms with E-state index in [1.165, 1.54) is 0 Å². The van der Waals surface area contributed by atoms with Crippen LogP contribution in [-0.4, -0.2) is 50.5 Å². The molecule has 0 saturated carbocycles. The molecule has 1 heterocycles. The molecule has 21 heavy (non-hydrogen) atoms. The van der Waals surface area contributed by atoms with Gasteiger partial charge in [-0.05, 0) is 45.4 Å². The highest BCUT2D eigenvalue weighted by Gasteiger charge is 2.21. The lowest BCUT2D eigenvalue weighted by Gasteiger charge is -2.35. The van der Waals surface area contributed by atoms with Crippen molar-refractivity contribution in [3.8, 4) is 11.5 Å². The Bertz CT molecular complexity index is 414. The summed E-state index contributed by atoms with van der Waals surface area (Å²) in [6.45, 7) is 8.22. The van der Waals surface area contributed by atoms with Crippen molar-refractivity contribution in [2.24, 2.45) is 0 Å². The quantitative estimate of drug-likeness (QED) is 0.723. The average molecular weight is 293 g/mol. The van der Waals surface area contributed by atoms with E-state index in [9.17, 15) is 0 Å². The van der Waals surface area contributed by atoms with E-state index in [0.717, 1.165) is 50.6 Å². The molecule has 0 aliphatic carbocycles. The maximum atomic E-state index is 5.79. The van der Waals surface area contributed by atoms with Gasteiger partial charge in [-0.3, -0.25) is 4.90 Å². The van der Waals surface area contributed by atoms with Crippen molar-refractivity contribution < 1.29 is 14.2 Å². The van der Waals surface area contributed by atoms with Crippen LogP contribution in [0.1, 0.15) is 26.7 Å². The van der Waals surface area contributed by atoms with E-state index in [0.29, 0.717) is 12.2 Å². The van der Waals surface area contributed by atoms with Gasteiger partial charge in [0.2, 0.25) is 0 Å². The van der Waals surface area contributed by atoms with Gasteiger partial charge in [0, 0.05) is 13.1 Å². The minimum Gasteiger partial charge on any atom is -0.493 e. The van der Waals surface area contributed by atoms with Crippen LogP contribution in [0.4, 0.5) is 0 Å². The minimum absolute atomic E-state index is 0.346. The Morgan fingerprint density at radius 1 is 1.10 bits per heavy atom. The molecule has 0 radical (unpaired) electrons. The molecule has 2 rings (SSSR count). The fraction of sp³-hybridized carbons (Fsp3) is 0.647. The second kappa shape index (κ2) is 8.25. The van der Waals surface area contributed by atoms with E-state index in [1.54, 1.807) is 7.11 Å². The van der Waals surface area contributed by atoms with E-state index in [-0.39, 0.29) is 0 Å². The summed E-state index contributed by atoms with van der Waals surface area (Å²) in [5, 5.41) is 0. The van der Waals surface area contributed by atoms with Gasteiger partial charge in [-0.1, -0.05) is 12.1 Å². The Balaban J connectivity index is 1.64. The standard InChI is InChI=1S/C17H27NO3/c1-14-12-18(13-15(2)21-14)10-6-7-11-20-17-9-5-4-8-16(17)19-3/h4-5,8-9,14-15H,6-7,10-13H2,1-3H3/t14-,15+. The van der Waals surface area contributed by atoms with Crippen LogP contribution in [-0.2, 0) is 4.74 Å². The first-order chi connectivity index (χ1) is 10.2. The van der Waals surface area contributed by atoms with Gasteiger partial charge >= 0.3 is 0 Å². The Labute approximate surface area is 128 Å². The lowest BCUT2D eigenvalue weighted by atomic mass is 10.2. The summed E-state index contributed by atoms with van der Waals surface area (Å²) in [5.41, 5.74) is 0. The maximum Gasteiger partial charge on any atom is 0.161 e. The summed E-state index contributed by atoms with van der Waals surface area (Å²) < 4.78 is 16.8. The molecule has 0 aromatic heterocycles. The zero-order chi connectivity index (χ0) is 15.1. The van der Waals surface area contributed by atoms with Crippen molar-refractivity contribution in [2.45, 2.75) is 38.9 Å². The number of hydrogen-bond acceptors (Lipinski definition) is 4. The number of rotatable bonds is 7. The third-order valence-electron chi connectivity index (χ3n) is 3.69. The molecule has 0 bridgehead atoms. The zero-order valence-corrected chi connectivity index (χ0v) is 13.4. The molecule has 1 aromatic rings. The van der Waals surface area contributed by atoms with Crippen molar-refractivity contribution in [3.63, 3.8) is 0 Å². The monoisotopic (exact) mass is 293 g/mol. The average Bonchev–Trinajstić information content (AvgIpc) is 2.46. The fourth-order valence-electron chi connectivity index (χ4n) is 2.82. The van der Waals surface area contributed by atoms with Crippen LogP contribution in [0.3, 0.4) is 0 Å². The summed E-state index contributed by atoms with van der Waals surface area (Å²) in [5.74, 6) is 1.63. The molecule has 1 saturated heterocycles. The van der Waals surface area contributed by atoms with E-state index < -0.39 is 0 Å². The highest BCUT2D eigenvalue weighted by atomic mass is 16.5. The molecule has 0 N–H and O–H groups in total. The molecule has 1 aromatic carbocycles. The van der Waals surface area contributed by atoms with E-state index >= 15 is 0 Å². The molecule has 0 unspecified atom stereocenters. The molecule has 4 nitrogen and oxygen atoms in total. The van der Waals surface area contributed by atoms with Gasteiger partial charge in [0.15, 0.2) is 11.5 Å². The molecule has 0 amide bonds. The molecule has 1 aliphatic heterocycles. The van der Waals surface area contributed by atoms with E-state index in [1.807, 2.05) is 24.3 Å². The van der Waals surface area contributed by atoms with Crippen LogP contribution in [0.5, 0.6) is 11.5 Å². The fourth-order valence-corrected chi connectivity index (χ4v) is 2.82. The lowest BCUT2D eigenvalue weighted by Crippen LogP contribution is -2.45. The second-order valence-electron chi connectivity index (χ2n) is 5.72. The summed E-state index contributed by atoms with van der Waals surface area (Å²) in [6.07, 6.45) is 2.89. The molecule has 1 fully saturated rings. The highest BCUT2D eigenvalue weighted by molar-refractivity contribution is 5.39. The van der Waals surface area contributed by atoms with Crippen molar-refractivity contribution in [3.05, 3.63) is 24.3 Å². The Morgan fingerprint density at radius 2 is 1.76 bits per heavy atom. The summed E-state index contributed by atoms with van der Waals surface area (Å²) in [7, 11) is 1.67. The lowest BCUT2D eigenvalue weighted by molar-refractivity contribution is -0.0682. The first-order valence-electron chi connectivity index (χ1n) is 7.82. The first kappa shape index (κ1) is 16.1. The Kier molecular flexibility index (Phi) is 6.33. The minimum atomic E-state index is 0.346. The Morgan fingerprint density at radius 3 is 2.43 bits per heavy atom. The predicted octanol–water partition coefficient (Wildman–Crippen LogP) is 2.96. The van der Waals surface area contributed by atoms with Crippen LogP contribution in [0.25, 0.3) is 0 Å². The maximum absolute atomic E-state index is 5.79. The number of morpholine rings is 1. The third-order valence-corrected chi connectivity index (χ3v) is 3.69. The van der Waals surface area contributed by atoms with Crippen molar-refractivity contribution in [2.75, 3.05) is 33.4 Å². The molecule has 0 spiro atoms.